The predicted octanol–water partition coefficient (Wildman–Crippen LogP) is 2.14. The Balaban J connectivity index is 1.60. The minimum absolute atomic E-state index is 0.0378. The summed E-state index contributed by atoms with van der Waals surface area (Å²) in [5, 5.41) is 4.75. The van der Waals surface area contributed by atoms with Crippen molar-refractivity contribution in [3.8, 4) is 0 Å². The minimum Gasteiger partial charge on any atom is -0.338 e. The Hall–Kier alpha value is -1.08. The molecule has 0 bridgehead atoms. The van der Waals surface area contributed by atoms with E-state index in [0.717, 1.165) is 48.4 Å². The van der Waals surface area contributed by atoms with E-state index >= 15 is 0 Å². The Morgan fingerprint density at radius 1 is 1.35 bits per heavy atom. The first-order chi connectivity index (χ1) is 9.66. The molecule has 108 valence electrons. The standard InChI is InChI=1S/C13H16BrN3O2S/c14-10-3-8-20-11(10)12(18)16-5-1-9(2-6-16)17-7-4-15-13(17)19/h3,8-9H,1-2,4-7H2,(H,15,19). The summed E-state index contributed by atoms with van der Waals surface area (Å²) in [6.45, 7) is 2.96. The van der Waals surface area contributed by atoms with Crippen molar-refractivity contribution in [3.05, 3.63) is 20.8 Å². The molecule has 20 heavy (non-hydrogen) atoms. The lowest BCUT2D eigenvalue weighted by molar-refractivity contribution is 0.0670. The molecule has 0 aromatic carbocycles. The molecule has 7 heteroatoms. The van der Waals surface area contributed by atoms with E-state index in [2.05, 4.69) is 21.2 Å². The first-order valence-corrected chi connectivity index (χ1v) is 8.41. The highest BCUT2D eigenvalue weighted by Crippen LogP contribution is 2.26. The molecule has 0 radical (unpaired) electrons. The fraction of sp³-hybridized carbons (Fsp3) is 0.538. The maximum atomic E-state index is 12.4. The first kappa shape index (κ1) is 13.9. The lowest BCUT2D eigenvalue weighted by Crippen LogP contribution is -2.47. The van der Waals surface area contributed by atoms with Crippen molar-refractivity contribution in [1.29, 1.82) is 0 Å². The summed E-state index contributed by atoms with van der Waals surface area (Å²) in [5.41, 5.74) is 0. The van der Waals surface area contributed by atoms with Crippen LogP contribution in [0.4, 0.5) is 4.79 Å². The number of hydrogen-bond acceptors (Lipinski definition) is 3. The van der Waals surface area contributed by atoms with Crippen LogP contribution < -0.4 is 5.32 Å². The number of hydrogen-bond donors (Lipinski definition) is 1. The van der Waals surface area contributed by atoms with Crippen molar-refractivity contribution < 1.29 is 9.59 Å². The number of carbonyl (C=O) groups is 2. The topological polar surface area (TPSA) is 52.7 Å². The number of halogens is 1. The molecule has 0 aliphatic carbocycles. The molecule has 5 nitrogen and oxygen atoms in total. The van der Waals surface area contributed by atoms with Crippen molar-refractivity contribution in [2.24, 2.45) is 0 Å². The second-order valence-electron chi connectivity index (χ2n) is 5.05. The number of thiophene rings is 1. The van der Waals surface area contributed by atoms with Crippen LogP contribution in [0.1, 0.15) is 22.5 Å². The van der Waals surface area contributed by atoms with Crippen LogP contribution in [-0.2, 0) is 0 Å². The number of carbonyl (C=O) groups excluding carboxylic acids is 2. The Morgan fingerprint density at radius 3 is 2.65 bits per heavy atom. The molecular weight excluding hydrogens is 342 g/mol. The van der Waals surface area contributed by atoms with Crippen LogP contribution in [0.3, 0.4) is 0 Å². The monoisotopic (exact) mass is 357 g/mol. The van der Waals surface area contributed by atoms with Gasteiger partial charge in [0.05, 0.1) is 0 Å². The number of rotatable bonds is 2. The molecule has 0 spiro atoms. The second-order valence-corrected chi connectivity index (χ2v) is 6.82. The Labute approximate surface area is 130 Å². The highest BCUT2D eigenvalue weighted by atomic mass is 79.9. The predicted molar refractivity (Wildman–Crippen MR) is 81.0 cm³/mol. The third-order valence-corrected chi connectivity index (χ3v) is 5.72. The molecule has 1 aromatic rings. The fourth-order valence-electron chi connectivity index (χ4n) is 2.81. The smallest absolute Gasteiger partial charge is 0.317 e. The van der Waals surface area contributed by atoms with Gasteiger partial charge in [-0.3, -0.25) is 4.79 Å². The maximum absolute atomic E-state index is 12.4. The average molecular weight is 358 g/mol. The lowest BCUT2D eigenvalue weighted by Gasteiger charge is -2.36. The number of nitrogens with one attached hydrogen (secondary N) is 1. The summed E-state index contributed by atoms with van der Waals surface area (Å²) in [4.78, 5) is 28.6. The molecule has 2 aliphatic rings. The van der Waals surface area contributed by atoms with E-state index in [4.69, 9.17) is 0 Å². The number of amides is 3. The Kier molecular flexibility index (Phi) is 3.98. The van der Waals surface area contributed by atoms with Crippen LogP contribution in [0.25, 0.3) is 0 Å². The van der Waals surface area contributed by atoms with Gasteiger partial charge in [0.1, 0.15) is 4.88 Å². The number of nitrogens with zero attached hydrogens (tertiary/aromatic N) is 2. The third kappa shape index (κ3) is 2.56. The summed E-state index contributed by atoms with van der Waals surface area (Å²) in [6, 6.07) is 2.21. The van der Waals surface area contributed by atoms with Gasteiger partial charge in [0.25, 0.3) is 5.91 Å². The molecule has 1 aromatic heterocycles. The van der Waals surface area contributed by atoms with Gasteiger partial charge in [-0.2, -0.15) is 0 Å². The molecule has 1 N–H and O–H groups in total. The summed E-state index contributed by atoms with van der Waals surface area (Å²) in [5.74, 6) is 0.0937. The highest BCUT2D eigenvalue weighted by molar-refractivity contribution is 9.10. The van der Waals surface area contributed by atoms with E-state index in [0.29, 0.717) is 0 Å². The Bertz CT molecular complexity index is 525. The zero-order valence-electron chi connectivity index (χ0n) is 11.0. The van der Waals surface area contributed by atoms with Crippen molar-refractivity contribution in [2.75, 3.05) is 26.2 Å². The van der Waals surface area contributed by atoms with Gasteiger partial charge in [-0.25, -0.2) is 4.79 Å². The second kappa shape index (κ2) is 5.73. The molecule has 3 heterocycles. The van der Waals surface area contributed by atoms with Crippen LogP contribution in [-0.4, -0.2) is 54.0 Å². The van der Waals surface area contributed by atoms with Crippen LogP contribution in [0.2, 0.25) is 0 Å². The molecule has 3 rings (SSSR count). The van der Waals surface area contributed by atoms with Gasteiger partial charge in [0, 0.05) is 36.7 Å². The van der Waals surface area contributed by atoms with Crippen LogP contribution in [0.5, 0.6) is 0 Å². The molecule has 0 saturated carbocycles. The summed E-state index contributed by atoms with van der Waals surface area (Å²) in [7, 11) is 0. The molecule has 2 fully saturated rings. The summed E-state index contributed by atoms with van der Waals surface area (Å²) in [6.07, 6.45) is 1.73. The van der Waals surface area contributed by atoms with Gasteiger partial charge >= 0.3 is 6.03 Å². The van der Waals surface area contributed by atoms with E-state index in [9.17, 15) is 9.59 Å². The molecule has 2 saturated heterocycles. The average Bonchev–Trinajstić information content (AvgIpc) is 3.07. The summed E-state index contributed by atoms with van der Waals surface area (Å²) >= 11 is 4.87. The van der Waals surface area contributed by atoms with Gasteiger partial charge in [0.15, 0.2) is 0 Å². The molecule has 2 aliphatic heterocycles. The SMILES string of the molecule is O=C(c1sccc1Br)N1CCC(N2CCNC2=O)CC1. The number of piperidine rings is 1. The molecular formula is C13H16BrN3O2S. The van der Waals surface area contributed by atoms with Crippen molar-refractivity contribution in [3.63, 3.8) is 0 Å². The van der Waals surface area contributed by atoms with E-state index in [1.54, 1.807) is 0 Å². The van der Waals surface area contributed by atoms with Gasteiger partial charge in [-0.15, -0.1) is 11.3 Å². The Morgan fingerprint density at radius 2 is 2.10 bits per heavy atom. The van der Waals surface area contributed by atoms with Crippen molar-refractivity contribution >= 4 is 39.2 Å². The zero-order valence-corrected chi connectivity index (χ0v) is 13.4. The fourth-order valence-corrected chi connectivity index (χ4v) is 4.31. The van der Waals surface area contributed by atoms with Gasteiger partial charge < -0.3 is 15.1 Å². The first-order valence-electron chi connectivity index (χ1n) is 6.73. The van der Waals surface area contributed by atoms with E-state index in [-0.39, 0.29) is 18.0 Å². The highest BCUT2D eigenvalue weighted by Gasteiger charge is 2.32. The van der Waals surface area contributed by atoms with Gasteiger partial charge in [0.2, 0.25) is 0 Å². The van der Waals surface area contributed by atoms with E-state index in [1.807, 2.05) is 21.2 Å². The number of urea groups is 1. The van der Waals surface area contributed by atoms with Gasteiger partial charge in [-0.05, 0) is 40.2 Å². The van der Waals surface area contributed by atoms with Crippen molar-refractivity contribution in [1.82, 2.24) is 15.1 Å². The molecule has 0 atom stereocenters. The minimum atomic E-state index is 0.0378. The normalized spacial score (nSPS) is 20.4. The quantitative estimate of drug-likeness (QED) is 0.881. The van der Waals surface area contributed by atoms with Crippen LogP contribution in [0, 0.1) is 0 Å². The van der Waals surface area contributed by atoms with Crippen LogP contribution in [0.15, 0.2) is 15.9 Å². The summed E-state index contributed by atoms with van der Waals surface area (Å²) < 4.78 is 0.869. The van der Waals surface area contributed by atoms with Crippen LogP contribution >= 0.6 is 27.3 Å². The molecule has 3 amide bonds. The zero-order chi connectivity index (χ0) is 14.1. The van der Waals surface area contributed by atoms with E-state index in [1.165, 1.54) is 11.3 Å². The lowest BCUT2D eigenvalue weighted by atomic mass is 10.0. The third-order valence-electron chi connectivity index (χ3n) is 3.89. The number of likely N-dealkylation sites (tertiary alicyclic amines) is 1. The maximum Gasteiger partial charge on any atom is 0.317 e. The largest absolute Gasteiger partial charge is 0.338 e. The van der Waals surface area contributed by atoms with Gasteiger partial charge in [-0.1, -0.05) is 0 Å². The van der Waals surface area contributed by atoms with Crippen molar-refractivity contribution in [2.45, 2.75) is 18.9 Å². The van der Waals surface area contributed by atoms with E-state index < -0.39 is 0 Å². The molecule has 0 unspecified atom stereocenters.